The Bertz CT molecular complexity index is 1240. The number of hydrogen-bond acceptors (Lipinski definition) is 6. The number of para-hydroxylation sites is 1. The maximum absolute atomic E-state index is 13.3. The lowest BCUT2D eigenvalue weighted by Crippen LogP contribution is -2.30. The van der Waals surface area contributed by atoms with Gasteiger partial charge < -0.3 is 15.4 Å². The van der Waals surface area contributed by atoms with E-state index in [1.165, 1.54) is 0 Å². The minimum atomic E-state index is -0.423. The van der Waals surface area contributed by atoms with E-state index in [9.17, 15) is 10.1 Å². The van der Waals surface area contributed by atoms with Crippen LogP contribution in [0.4, 0.5) is 5.69 Å². The van der Waals surface area contributed by atoms with E-state index in [0.717, 1.165) is 26.9 Å². The van der Waals surface area contributed by atoms with Gasteiger partial charge in [-0.1, -0.05) is 36.4 Å². The first-order valence-corrected chi connectivity index (χ1v) is 12.2. The summed E-state index contributed by atoms with van der Waals surface area (Å²) < 4.78 is 5.32. The second-order valence-corrected chi connectivity index (χ2v) is 9.39. The van der Waals surface area contributed by atoms with E-state index in [1.807, 2.05) is 79.0 Å². The third kappa shape index (κ3) is 5.14. The molecule has 3 aromatic rings. The Morgan fingerprint density at radius 2 is 2.00 bits per heavy atom. The van der Waals surface area contributed by atoms with Crippen LogP contribution in [-0.2, 0) is 10.5 Å². The van der Waals surface area contributed by atoms with Crippen LogP contribution in [0.15, 0.2) is 94.0 Å². The molecule has 1 aliphatic heterocycles. The number of nitrogens with one attached hydrogen (secondary N) is 2. The largest absolute Gasteiger partial charge is 0.497 e. The molecular formula is C26H23N3O2S2. The Hall–Kier alpha value is -3.47. The molecule has 1 aromatic heterocycles. The molecular weight excluding hydrogens is 450 g/mol. The van der Waals surface area contributed by atoms with Crippen molar-refractivity contribution in [1.29, 1.82) is 5.26 Å². The summed E-state index contributed by atoms with van der Waals surface area (Å²) in [4.78, 5) is 14.3. The van der Waals surface area contributed by atoms with Gasteiger partial charge >= 0.3 is 0 Å². The van der Waals surface area contributed by atoms with Crippen LogP contribution in [0.3, 0.4) is 0 Å². The lowest BCUT2D eigenvalue weighted by atomic mass is 9.86. The van der Waals surface area contributed by atoms with Gasteiger partial charge in [0.1, 0.15) is 5.75 Å². The maximum atomic E-state index is 13.3. The van der Waals surface area contributed by atoms with E-state index in [1.54, 1.807) is 30.2 Å². The molecule has 2 heterocycles. The molecule has 5 nitrogen and oxygen atoms in total. The predicted molar refractivity (Wildman–Crippen MR) is 135 cm³/mol. The zero-order valence-corrected chi connectivity index (χ0v) is 19.9. The summed E-state index contributed by atoms with van der Waals surface area (Å²) in [7, 11) is 1.65. The smallest absolute Gasteiger partial charge is 0.254 e. The summed E-state index contributed by atoms with van der Waals surface area (Å²) in [5, 5.41) is 19.2. The molecule has 0 unspecified atom stereocenters. The number of thioether (sulfide) groups is 1. The number of dihydropyridines is 1. The second kappa shape index (κ2) is 10.4. The first kappa shape index (κ1) is 22.7. The highest BCUT2D eigenvalue weighted by Crippen LogP contribution is 2.43. The summed E-state index contributed by atoms with van der Waals surface area (Å²) in [6, 6.07) is 23.5. The van der Waals surface area contributed by atoms with Gasteiger partial charge in [-0.25, -0.2) is 0 Å². The first-order valence-electron chi connectivity index (χ1n) is 10.4. The Labute approximate surface area is 201 Å². The third-order valence-electron chi connectivity index (χ3n) is 5.27. The van der Waals surface area contributed by atoms with Crippen molar-refractivity contribution >= 4 is 34.7 Å². The normalized spacial score (nSPS) is 15.6. The number of carbonyl (C=O) groups is 1. The highest BCUT2D eigenvalue weighted by atomic mass is 32.2. The molecule has 1 amide bonds. The number of methoxy groups -OCH3 is 1. The number of benzene rings is 2. The van der Waals surface area contributed by atoms with Crippen LogP contribution in [0, 0.1) is 11.3 Å². The van der Waals surface area contributed by atoms with E-state index in [-0.39, 0.29) is 5.91 Å². The molecule has 33 heavy (non-hydrogen) atoms. The van der Waals surface area contributed by atoms with E-state index >= 15 is 0 Å². The second-order valence-electron chi connectivity index (χ2n) is 7.43. The highest BCUT2D eigenvalue weighted by Gasteiger charge is 2.35. The number of nitrogens with zero attached hydrogens (tertiary/aromatic N) is 1. The molecule has 7 heteroatoms. The van der Waals surface area contributed by atoms with Crippen LogP contribution in [0.2, 0.25) is 0 Å². The number of thiophene rings is 1. The molecule has 0 radical (unpaired) electrons. The number of rotatable bonds is 7. The van der Waals surface area contributed by atoms with Crippen LogP contribution in [0.25, 0.3) is 0 Å². The van der Waals surface area contributed by atoms with E-state index in [0.29, 0.717) is 22.6 Å². The zero-order chi connectivity index (χ0) is 23.2. The fourth-order valence-corrected chi connectivity index (χ4v) is 5.58. The van der Waals surface area contributed by atoms with Crippen molar-refractivity contribution in [2.75, 3.05) is 12.4 Å². The van der Waals surface area contributed by atoms with Gasteiger partial charge in [0.2, 0.25) is 0 Å². The summed E-state index contributed by atoms with van der Waals surface area (Å²) in [5.74, 6) is 0.828. The minimum absolute atomic E-state index is 0.214. The van der Waals surface area contributed by atoms with Gasteiger partial charge in [0.15, 0.2) is 0 Å². The quantitative estimate of drug-likeness (QED) is 0.439. The van der Waals surface area contributed by atoms with Crippen LogP contribution < -0.4 is 15.4 Å². The predicted octanol–water partition coefficient (Wildman–Crippen LogP) is 6.02. The average Bonchev–Trinajstić information content (AvgIpc) is 3.37. The summed E-state index contributed by atoms with van der Waals surface area (Å²) in [6.07, 6.45) is 0. The monoisotopic (exact) mass is 473 g/mol. The lowest BCUT2D eigenvalue weighted by molar-refractivity contribution is -0.113. The van der Waals surface area contributed by atoms with Gasteiger partial charge in [-0.15, -0.1) is 23.1 Å². The van der Waals surface area contributed by atoms with Gasteiger partial charge in [0.05, 0.1) is 29.7 Å². The SMILES string of the molecule is COc1cccc(CSC2=C(C#N)[C@@H](c3cccs3)C(C(=O)Nc3ccccc3)=C(C)N2)c1. The van der Waals surface area contributed by atoms with Crippen molar-refractivity contribution in [3.8, 4) is 11.8 Å². The number of carbonyl (C=O) groups excluding carboxylic acids is 1. The van der Waals surface area contributed by atoms with Gasteiger partial charge in [-0.2, -0.15) is 5.26 Å². The fraction of sp³-hybridized carbons (Fsp3) is 0.154. The van der Waals surface area contributed by atoms with Crippen molar-refractivity contribution in [1.82, 2.24) is 5.32 Å². The Morgan fingerprint density at radius 3 is 2.70 bits per heavy atom. The molecule has 1 aliphatic rings. The summed E-state index contributed by atoms with van der Waals surface area (Å²) in [5.41, 5.74) is 3.66. The number of hydrogen-bond donors (Lipinski definition) is 2. The molecule has 0 saturated heterocycles. The molecule has 0 bridgehead atoms. The van der Waals surface area contributed by atoms with Crippen molar-refractivity contribution < 1.29 is 9.53 Å². The van der Waals surface area contributed by atoms with E-state index in [4.69, 9.17) is 4.74 Å². The van der Waals surface area contributed by atoms with Crippen molar-refractivity contribution in [2.45, 2.75) is 18.6 Å². The van der Waals surface area contributed by atoms with E-state index < -0.39 is 5.92 Å². The summed E-state index contributed by atoms with van der Waals surface area (Å²) >= 11 is 3.10. The van der Waals surface area contributed by atoms with Crippen LogP contribution in [0.5, 0.6) is 5.75 Å². The highest BCUT2D eigenvalue weighted by molar-refractivity contribution is 8.02. The molecule has 166 valence electrons. The van der Waals surface area contributed by atoms with Crippen LogP contribution in [-0.4, -0.2) is 13.0 Å². The number of allylic oxidation sites excluding steroid dienone is 2. The van der Waals surface area contributed by atoms with Gasteiger partial charge in [0, 0.05) is 27.6 Å². The minimum Gasteiger partial charge on any atom is -0.497 e. The Kier molecular flexibility index (Phi) is 7.18. The first-order chi connectivity index (χ1) is 16.1. The van der Waals surface area contributed by atoms with Crippen molar-refractivity contribution in [2.24, 2.45) is 0 Å². The lowest BCUT2D eigenvalue weighted by Gasteiger charge is -2.29. The van der Waals surface area contributed by atoms with Crippen LogP contribution in [0.1, 0.15) is 23.3 Å². The topological polar surface area (TPSA) is 74.1 Å². The fourth-order valence-electron chi connectivity index (χ4n) is 3.71. The number of amides is 1. The van der Waals surface area contributed by atoms with Crippen molar-refractivity contribution in [3.63, 3.8) is 0 Å². The average molecular weight is 474 g/mol. The number of nitriles is 1. The van der Waals surface area contributed by atoms with E-state index in [2.05, 4.69) is 16.7 Å². The Balaban J connectivity index is 1.66. The van der Waals surface area contributed by atoms with Gasteiger partial charge in [-0.3, -0.25) is 4.79 Å². The molecule has 2 N–H and O–H groups in total. The van der Waals surface area contributed by atoms with Crippen molar-refractivity contribution in [3.05, 3.63) is 104 Å². The molecule has 2 aromatic carbocycles. The Morgan fingerprint density at radius 1 is 1.18 bits per heavy atom. The molecule has 0 aliphatic carbocycles. The standard InChI is InChI=1S/C26H23N3O2S2/c1-17-23(25(30)29-19-9-4-3-5-10-19)24(22-12-7-13-32-22)21(15-27)26(28-17)33-16-18-8-6-11-20(14-18)31-2/h3-14,24,28H,16H2,1-2H3,(H,29,30)/t24-/m0/s1. The number of anilines is 1. The summed E-state index contributed by atoms with van der Waals surface area (Å²) in [6.45, 7) is 1.89. The molecule has 0 fully saturated rings. The third-order valence-corrected chi connectivity index (χ3v) is 7.29. The zero-order valence-electron chi connectivity index (χ0n) is 18.3. The molecule has 4 rings (SSSR count). The maximum Gasteiger partial charge on any atom is 0.254 e. The number of ether oxygens (including phenoxy) is 1. The van der Waals surface area contributed by atoms with Crippen LogP contribution >= 0.6 is 23.1 Å². The molecule has 1 atom stereocenters. The molecule has 0 saturated carbocycles. The molecule has 0 spiro atoms. The van der Waals surface area contributed by atoms with Gasteiger partial charge in [-0.05, 0) is 48.2 Å². The van der Waals surface area contributed by atoms with Gasteiger partial charge in [0.25, 0.3) is 5.91 Å².